The molecule has 0 radical (unpaired) electrons. The van der Waals surface area contributed by atoms with E-state index in [2.05, 4.69) is 5.16 Å². The molecule has 0 bridgehead atoms. The number of oxime groups is 1. The van der Waals surface area contributed by atoms with Crippen molar-refractivity contribution in [3.63, 3.8) is 0 Å². The number of hydrogen-bond acceptors (Lipinski definition) is 5. The van der Waals surface area contributed by atoms with Gasteiger partial charge in [0.15, 0.2) is 0 Å². The first kappa shape index (κ1) is 22.3. The Morgan fingerprint density at radius 3 is 2.31 bits per heavy atom. The van der Waals surface area contributed by atoms with Gasteiger partial charge in [0, 0.05) is 70.5 Å². The molecule has 3 aliphatic heterocycles. The Labute approximate surface area is 189 Å². The van der Waals surface area contributed by atoms with Crippen molar-refractivity contribution in [1.29, 1.82) is 0 Å². The topological polar surface area (TPSA) is 82.5 Å². The largest absolute Gasteiger partial charge is 0.388 e. The van der Waals surface area contributed by atoms with Crippen LogP contribution in [0.5, 0.6) is 0 Å². The maximum absolute atomic E-state index is 13.1. The van der Waals surface area contributed by atoms with Gasteiger partial charge < -0.3 is 19.5 Å². The van der Waals surface area contributed by atoms with Crippen molar-refractivity contribution < 1.29 is 19.2 Å². The second kappa shape index (κ2) is 9.30. The van der Waals surface area contributed by atoms with Gasteiger partial charge in [0.1, 0.15) is 11.3 Å². The number of rotatable bonds is 4. The molecule has 8 nitrogen and oxygen atoms in total. The first-order chi connectivity index (χ1) is 15.4. The van der Waals surface area contributed by atoms with Gasteiger partial charge >= 0.3 is 0 Å². The molecule has 32 heavy (non-hydrogen) atoms. The minimum absolute atomic E-state index is 0.0672. The van der Waals surface area contributed by atoms with E-state index in [0.29, 0.717) is 57.6 Å². The van der Waals surface area contributed by atoms with Crippen LogP contribution in [-0.2, 0) is 19.2 Å². The molecule has 3 amide bonds. The van der Waals surface area contributed by atoms with Crippen molar-refractivity contribution >= 4 is 29.1 Å². The highest BCUT2D eigenvalue weighted by molar-refractivity contribution is 6.39. The van der Waals surface area contributed by atoms with E-state index in [1.54, 1.807) is 6.92 Å². The third kappa shape index (κ3) is 4.49. The summed E-state index contributed by atoms with van der Waals surface area (Å²) in [6.45, 7) is 5.92. The van der Waals surface area contributed by atoms with Crippen LogP contribution in [0.4, 0.5) is 5.69 Å². The minimum Gasteiger partial charge on any atom is -0.388 e. The van der Waals surface area contributed by atoms with Gasteiger partial charge in [0.2, 0.25) is 11.8 Å². The normalized spacial score (nSPS) is 20.6. The summed E-state index contributed by atoms with van der Waals surface area (Å²) in [6.07, 6.45) is 3.81. The van der Waals surface area contributed by atoms with E-state index in [1.165, 1.54) is 0 Å². The predicted octanol–water partition coefficient (Wildman–Crippen LogP) is 2.58. The van der Waals surface area contributed by atoms with E-state index >= 15 is 0 Å². The van der Waals surface area contributed by atoms with Crippen LogP contribution in [0.25, 0.3) is 0 Å². The first-order valence-corrected chi connectivity index (χ1v) is 11.6. The molecule has 3 heterocycles. The average molecular weight is 441 g/mol. The van der Waals surface area contributed by atoms with Crippen LogP contribution < -0.4 is 4.90 Å². The van der Waals surface area contributed by atoms with Crippen molar-refractivity contribution in [3.05, 3.63) is 30.3 Å². The average Bonchev–Trinajstić information content (AvgIpc) is 3.23. The third-order valence-corrected chi connectivity index (χ3v) is 6.93. The lowest BCUT2D eigenvalue weighted by Crippen LogP contribution is -2.51. The van der Waals surface area contributed by atoms with Gasteiger partial charge in [-0.05, 0) is 25.0 Å². The van der Waals surface area contributed by atoms with Crippen molar-refractivity contribution in [2.45, 2.75) is 64.0 Å². The molecule has 2 fully saturated rings. The zero-order chi connectivity index (χ0) is 22.7. The summed E-state index contributed by atoms with van der Waals surface area (Å²) in [5.74, 6) is 0.111. The van der Waals surface area contributed by atoms with E-state index in [9.17, 15) is 14.4 Å². The van der Waals surface area contributed by atoms with Crippen LogP contribution in [0.1, 0.15) is 52.4 Å². The highest BCUT2D eigenvalue weighted by atomic mass is 16.7. The van der Waals surface area contributed by atoms with Crippen LogP contribution in [-0.4, -0.2) is 71.1 Å². The summed E-state index contributed by atoms with van der Waals surface area (Å²) in [6, 6.07) is 9.84. The van der Waals surface area contributed by atoms with Crippen molar-refractivity contribution in [2.24, 2.45) is 5.16 Å². The Morgan fingerprint density at radius 2 is 1.72 bits per heavy atom. The Hall–Kier alpha value is -2.90. The predicted molar refractivity (Wildman–Crippen MR) is 121 cm³/mol. The molecule has 8 heteroatoms. The second-order valence-electron chi connectivity index (χ2n) is 8.97. The fourth-order valence-electron chi connectivity index (χ4n) is 4.96. The van der Waals surface area contributed by atoms with E-state index in [-0.39, 0.29) is 23.8 Å². The Morgan fingerprint density at radius 1 is 1.06 bits per heavy atom. The highest BCUT2D eigenvalue weighted by Gasteiger charge is 2.45. The molecule has 3 aliphatic rings. The number of anilines is 1. The van der Waals surface area contributed by atoms with Crippen LogP contribution in [0, 0.1) is 0 Å². The monoisotopic (exact) mass is 440 g/mol. The number of benzene rings is 1. The molecular formula is C24H32N4O4. The van der Waals surface area contributed by atoms with Crippen LogP contribution in [0.3, 0.4) is 0 Å². The van der Waals surface area contributed by atoms with Gasteiger partial charge in [0.05, 0.1) is 0 Å². The van der Waals surface area contributed by atoms with Crippen molar-refractivity contribution in [3.8, 4) is 0 Å². The molecule has 2 saturated heterocycles. The molecule has 1 spiro atoms. The smallest absolute Gasteiger partial charge is 0.271 e. The number of likely N-dealkylation sites (tertiary alicyclic amines) is 2. The van der Waals surface area contributed by atoms with E-state index < -0.39 is 5.60 Å². The van der Waals surface area contributed by atoms with E-state index in [4.69, 9.17) is 4.84 Å². The van der Waals surface area contributed by atoms with Gasteiger partial charge in [-0.3, -0.25) is 14.4 Å². The number of para-hydroxylation sites is 1. The summed E-state index contributed by atoms with van der Waals surface area (Å²) < 4.78 is 0. The summed E-state index contributed by atoms with van der Waals surface area (Å²) in [7, 11) is 0. The first-order valence-electron chi connectivity index (χ1n) is 11.6. The van der Waals surface area contributed by atoms with Gasteiger partial charge in [-0.25, -0.2) is 0 Å². The number of hydrogen-bond donors (Lipinski definition) is 0. The lowest BCUT2D eigenvalue weighted by molar-refractivity contribution is -0.134. The Kier molecular flexibility index (Phi) is 6.48. The number of amides is 3. The number of piperidine rings is 2. The lowest BCUT2D eigenvalue weighted by atomic mass is 9.86. The maximum Gasteiger partial charge on any atom is 0.271 e. The molecule has 0 saturated carbocycles. The summed E-state index contributed by atoms with van der Waals surface area (Å²) in [5.41, 5.74) is 0.938. The molecule has 1 aromatic rings. The molecule has 0 aromatic heterocycles. The number of carbonyl (C=O) groups excluding carboxylic acids is 3. The molecule has 0 N–H and O–H groups in total. The fraction of sp³-hybridized carbons (Fsp3) is 0.583. The van der Waals surface area contributed by atoms with Crippen LogP contribution >= 0.6 is 0 Å². The molecule has 1 aromatic carbocycles. The van der Waals surface area contributed by atoms with Crippen molar-refractivity contribution in [2.75, 3.05) is 31.1 Å². The molecule has 172 valence electrons. The molecule has 0 aliphatic carbocycles. The lowest BCUT2D eigenvalue weighted by Gasteiger charge is -2.39. The van der Waals surface area contributed by atoms with Gasteiger partial charge in [0.25, 0.3) is 5.91 Å². The summed E-state index contributed by atoms with van der Waals surface area (Å²) >= 11 is 0. The van der Waals surface area contributed by atoms with Crippen molar-refractivity contribution in [1.82, 2.24) is 9.80 Å². The van der Waals surface area contributed by atoms with E-state index in [0.717, 1.165) is 18.5 Å². The van der Waals surface area contributed by atoms with Crippen LogP contribution in [0.2, 0.25) is 0 Å². The minimum atomic E-state index is -0.451. The third-order valence-electron chi connectivity index (χ3n) is 6.93. The van der Waals surface area contributed by atoms with Crippen LogP contribution in [0.15, 0.2) is 35.5 Å². The quantitative estimate of drug-likeness (QED) is 0.721. The summed E-state index contributed by atoms with van der Waals surface area (Å²) in [4.78, 5) is 48.6. The second-order valence-corrected chi connectivity index (χ2v) is 8.97. The summed E-state index contributed by atoms with van der Waals surface area (Å²) in [5, 5.41) is 4.16. The molecule has 0 atom stereocenters. The number of nitrogens with zero attached hydrogens (tertiary/aromatic N) is 4. The Bertz CT molecular complexity index is 885. The van der Waals surface area contributed by atoms with Gasteiger partial charge in [-0.15, -0.1) is 0 Å². The zero-order valence-corrected chi connectivity index (χ0v) is 19.0. The molecule has 4 rings (SSSR count). The highest BCUT2D eigenvalue weighted by Crippen LogP contribution is 2.35. The fourth-order valence-corrected chi connectivity index (χ4v) is 4.96. The van der Waals surface area contributed by atoms with Gasteiger partial charge in [-0.2, -0.15) is 0 Å². The Balaban J connectivity index is 1.34. The number of carbonyl (C=O) groups is 3. The molecule has 0 unspecified atom stereocenters. The maximum atomic E-state index is 13.1. The van der Waals surface area contributed by atoms with Gasteiger partial charge in [-0.1, -0.05) is 30.3 Å². The standard InChI is InChI=1S/C24H32N4O4/c1-3-22(30)28(19-7-5-4-6-8-19)20-9-13-27(14-10-20)23(31)21-17-24(32-25-21)11-15-26(16-12-24)18(2)29/h4-8,20H,3,9-17H2,1-2H3. The van der Waals surface area contributed by atoms with E-state index in [1.807, 2.05) is 52.0 Å². The SMILES string of the molecule is CCC(=O)N(c1ccccc1)C1CCN(C(=O)C2=NOC3(CCN(C(C)=O)CC3)C2)CC1. The zero-order valence-electron chi connectivity index (χ0n) is 19.0. The molecular weight excluding hydrogens is 408 g/mol.